The Hall–Kier alpha value is -0.240. The van der Waals surface area contributed by atoms with Gasteiger partial charge in [0, 0.05) is 12.8 Å². The predicted octanol–water partition coefficient (Wildman–Crippen LogP) is 1.86. The van der Waals surface area contributed by atoms with Crippen molar-refractivity contribution in [3.05, 3.63) is 0 Å². The monoisotopic (exact) mass is 342 g/mol. The second-order valence-corrected chi connectivity index (χ2v) is 7.73. The van der Waals surface area contributed by atoms with E-state index in [-0.39, 0.29) is 37.6 Å². The van der Waals surface area contributed by atoms with Gasteiger partial charge in [0.2, 0.25) is 11.6 Å². The Labute approximate surface area is 143 Å². The summed E-state index contributed by atoms with van der Waals surface area (Å²) in [6.45, 7) is -0.0303. The third kappa shape index (κ3) is 2.81. The van der Waals surface area contributed by atoms with E-state index in [0.717, 1.165) is 51.4 Å². The lowest BCUT2D eigenvalue weighted by Crippen LogP contribution is -2.72. The molecule has 1 saturated carbocycles. The highest BCUT2D eigenvalue weighted by atomic mass is 16.8. The third-order valence-electron chi connectivity index (χ3n) is 6.09. The molecule has 0 bridgehead atoms. The van der Waals surface area contributed by atoms with Gasteiger partial charge in [-0.2, -0.15) is 0 Å². The van der Waals surface area contributed by atoms with Crippen LogP contribution in [0.1, 0.15) is 64.2 Å². The standard InChI is InChI=1S/C18H30O6/c19-11-13-5-3-9-17(21-13)18(10-4-6-14(12-20)22-18)24-16-8-2-1-7-15(16)23-17/h13-16,19-20H,1-12H2/t13-,14-,15+,16+,17-,18-/m1/s1. The topological polar surface area (TPSA) is 77.4 Å². The molecule has 3 aliphatic heterocycles. The molecule has 4 aliphatic rings. The van der Waals surface area contributed by atoms with Crippen LogP contribution in [0.15, 0.2) is 0 Å². The molecule has 4 fully saturated rings. The summed E-state index contributed by atoms with van der Waals surface area (Å²) < 4.78 is 25.7. The lowest BCUT2D eigenvalue weighted by atomic mass is 9.84. The molecule has 3 heterocycles. The van der Waals surface area contributed by atoms with Crippen LogP contribution in [-0.2, 0) is 18.9 Å². The van der Waals surface area contributed by atoms with Gasteiger partial charge in [-0.3, -0.25) is 0 Å². The van der Waals surface area contributed by atoms with Crippen LogP contribution < -0.4 is 0 Å². The summed E-state index contributed by atoms with van der Waals surface area (Å²) in [5, 5.41) is 19.2. The zero-order valence-electron chi connectivity index (χ0n) is 14.3. The highest BCUT2D eigenvalue weighted by Gasteiger charge is 2.65. The molecule has 6 nitrogen and oxygen atoms in total. The van der Waals surface area contributed by atoms with E-state index in [4.69, 9.17) is 18.9 Å². The first-order valence-electron chi connectivity index (χ1n) is 9.63. The Morgan fingerprint density at radius 2 is 1.08 bits per heavy atom. The number of hydrogen-bond acceptors (Lipinski definition) is 6. The molecular formula is C18H30O6. The Balaban J connectivity index is 1.66. The van der Waals surface area contributed by atoms with Crippen LogP contribution in [0, 0.1) is 0 Å². The normalized spacial score (nSPS) is 49.2. The van der Waals surface area contributed by atoms with Gasteiger partial charge in [0.15, 0.2) is 0 Å². The Bertz CT molecular complexity index is 405. The summed E-state index contributed by atoms with van der Waals surface area (Å²) in [5.41, 5.74) is 0. The van der Waals surface area contributed by atoms with Crippen LogP contribution in [0.25, 0.3) is 0 Å². The molecule has 1 aliphatic carbocycles. The average molecular weight is 342 g/mol. The smallest absolute Gasteiger partial charge is 0.224 e. The van der Waals surface area contributed by atoms with E-state index in [1.54, 1.807) is 0 Å². The molecular weight excluding hydrogens is 312 g/mol. The minimum absolute atomic E-state index is 0.0152. The van der Waals surface area contributed by atoms with Crippen molar-refractivity contribution in [2.24, 2.45) is 0 Å². The molecule has 24 heavy (non-hydrogen) atoms. The summed E-state index contributed by atoms with van der Waals surface area (Å²) >= 11 is 0. The molecule has 0 unspecified atom stereocenters. The number of ether oxygens (including phenoxy) is 4. The van der Waals surface area contributed by atoms with Gasteiger partial charge in [-0.05, 0) is 38.5 Å². The number of hydrogen-bond donors (Lipinski definition) is 2. The third-order valence-corrected chi connectivity index (χ3v) is 6.09. The lowest BCUT2D eigenvalue weighted by molar-refractivity contribution is -0.497. The zero-order valence-corrected chi connectivity index (χ0v) is 14.3. The Morgan fingerprint density at radius 3 is 1.50 bits per heavy atom. The van der Waals surface area contributed by atoms with Gasteiger partial charge >= 0.3 is 0 Å². The molecule has 3 saturated heterocycles. The van der Waals surface area contributed by atoms with Gasteiger partial charge in [-0.15, -0.1) is 0 Å². The number of aliphatic hydroxyl groups excluding tert-OH is 2. The minimum Gasteiger partial charge on any atom is -0.394 e. The molecule has 6 heteroatoms. The van der Waals surface area contributed by atoms with Gasteiger partial charge in [0.25, 0.3) is 0 Å². The maximum Gasteiger partial charge on any atom is 0.224 e. The summed E-state index contributed by atoms with van der Waals surface area (Å²) in [7, 11) is 0. The van der Waals surface area contributed by atoms with E-state index < -0.39 is 11.6 Å². The van der Waals surface area contributed by atoms with Crippen molar-refractivity contribution >= 4 is 0 Å². The summed E-state index contributed by atoms with van der Waals surface area (Å²) in [6, 6.07) is 0. The second-order valence-electron chi connectivity index (χ2n) is 7.73. The highest BCUT2D eigenvalue weighted by Crippen LogP contribution is 2.52. The lowest BCUT2D eigenvalue weighted by Gasteiger charge is -2.60. The molecule has 0 aromatic carbocycles. The number of aliphatic hydroxyl groups is 2. The van der Waals surface area contributed by atoms with Gasteiger partial charge < -0.3 is 29.2 Å². The summed E-state index contributed by atoms with van der Waals surface area (Å²) in [5.74, 6) is -1.91. The molecule has 2 N–H and O–H groups in total. The largest absolute Gasteiger partial charge is 0.394 e. The van der Waals surface area contributed by atoms with Crippen molar-refractivity contribution in [3.8, 4) is 0 Å². The Kier molecular flexibility index (Phi) is 4.88. The van der Waals surface area contributed by atoms with E-state index in [1.807, 2.05) is 0 Å². The first-order chi connectivity index (χ1) is 11.7. The van der Waals surface area contributed by atoms with Gasteiger partial charge in [-0.1, -0.05) is 12.8 Å². The minimum atomic E-state index is -0.953. The van der Waals surface area contributed by atoms with Crippen molar-refractivity contribution < 1.29 is 29.2 Å². The second kappa shape index (κ2) is 6.82. The molecule has 4 rings (SSSR count). The zero-order chi connectivity index (χ0) is 16.6. The highest BCUT2D eigenvalue weighted by molar-refractivity contribution is 5.01. The van der Waals surface area contributed by atoms with E-state index in [9.17, 15) is 10.2 Å². The number of fused-ring (bicyclic) bond motifs is 2. The van der Waals surface area contributed by atoms with E-state index in [0.29, 0.717) is 12.8 Å². The fourth-order valence-electron chi connectivity index (χ4n) is 4.89. The van der Waals surface area contributed by atoms with Crippen LogP contribution in [0.2, 0.25) is 0 Å². The molecule has 0 radical (unpaired) electrons. The SMILES string of the molecule is OC[C@H]1CCC[C@@]2(O1)O[C@H]1CCCC[C@@H]1O[C@]21CCC[C@H](CO)O1. The molecule has 0 aromatic rings. The van der Waals surface area contributed by atoms with Crippen LogP contribution in [-0.4, -0.2) is 59.4 Å². The molecule has 0 aromatic heterocycles. The molecule has 0 amide bonds. The van der Waals surface area contributed by atoms with Crippen molar-refractivity contribution in [2.45, 2.75) is 100 Å². The van der Waals surface area contributed by atoms with Crippen molar-refractivity contribution in [1.29, 1.82) is 0 Å². The average Bonchev–Trinajstić information content (AvgIpc) is 2.63. The number of rotatable bonds is 2. The fraction of sp³-hybridized carbons (Fsp3) is 1.00. The maximum absolute atomic E-state index is 9.62. The van der Waals surface area contributed by atoms with E-state index >= 15 is 0 Å². The van der Waals surface area contributed by atoms with Crippen LogP contribution in [0.3, 0.4) is 0 Å². The van der Waals surface area contributed by atoms with Crippen LogP contribution in [0.4, 0.5) is 0 Å². The van der Waals surface area contributed by atoms with E-state index in [1.165, 1.54) is 0 Å². The summed E-state index contributed by atoms with van der Waals surface area (Å²) in [6.07, 6.45) is 8.80. The predicted molar refractivity (Wildman–Crippen MR) is 85.3 cm³/mol. The van der Waals surface area contributed by atoms with Crippen molar-refractivity contribution in [1.82, 2.24) is 0 Å². The quantitative estimate of drug-likeness (QED) is 0.798. The van der Waals surface area contributed by atoms with Gasteiger partial charge in [0.05, 0.1) is 37.6 Å². The van der Waals surface area contributed by atoms with Crippen LogP contribution in [0.5, 0.6) is 0 Å². The fourth-order valence-corrected chi connectivity index (χ4v) is 4.89. The maximum atomic E-state index is 9.62. The first-order valence-corrected chi connectivity index (χ1v) is 9.63. The van der Waals surface area contributed by atoms with E-state index in [2.05, 4.69) is 0 Å². The van der Waals surface area contributed by atoms with Gasteiger partial charge in [-0.25, -0.2) is 0 Å². The van der Waals surface area contributed by atoms with Crippen LogP contribution >= 0.6 is 0 Å². The molecule has 6 atom stereocenters. The molecule has 2 spiro atoms. The first kappa shape index (κ1) is 17.2. The Morgan fingerprint density at radius 1 is 0.625 bits per heavy atom. The van der Waals surface area contributed by atoms with Gasteiger partial charge in [0.1, 0.15) is 0 Å². The van der Waals surface area contributed by atoms with Crippen molar-refractivity contribution in [2.75, 3.05) is 13.2 Å². The van der Waals surface area contributed by atoms with Crippen molar-refractivity contribution in [3.63, 3.8) is 0 Å². The molecule has 138 valence electrons. The summed E-state index contributed by atoms with van der Waals surface area (Å²) in [4.78, 5) is 0.